The molecule has 0 saturated heterocycles. The first-order chi connectivity index (χ1) is 12.0. The molecule has 0 N–H and O–H groups in total. The van der Waals surface area contributed by atoms with Gasteiger partial charge >= 0.3 is 0 Å². The van der Waals surface area contributed by atoms with Gasteiger partial charge in [-0.15, -0.1) is 0 Å². The third-order valence-corrected chi connectivity index (χ3v) is 4.53. The van der Waals surface area contributed by atoms with Crippen LogP contribution in [0.1, 0.15) is 5.82 Å². The number of anilines is 1. The van der Waals surface area contributed by atoms with E-state index in [1.54, 1.807) is 12.1 Å². The summed E-state index contributed by atoms with van der Waals surface area (Å²) >= 11 is 0. The number of hydrogen-bond acceptors (Lipinski definition) is 7. The number of aromatic nitrogens is 3. The molecule has 0 fully saturated rings. The third-order valence-electron chi connectivity index (χ3n) is 3.39. The lowest BCUT2D eigenvalue weighted by atomic mass is 10.2. The van der Waals surface area contributed by atoms with Crippen molar-refractivity contribution < 1.29 is 17.7 Å². The van der Waals surface area contributed by atoms with Gasteiger partial charge in [0.25, 0.3) is 5.89 Å². The van der Waals surface area contributed by atoms with Crippen LogP contribution in [0.15, 0.2) is 53.2 Å². The fourth-order valence-electron chi connectivity index (χ4n) is 2.19. The topological polar surface area (TPSA) is 98.4 Å². The molecule has 2 aromatic heterocycles. The largest absolute Gasteiger partial charge is 0.481 e. The Labute approximate surface area is 145 Å². The molecule has 0 amide bonds. The van der Waals surface area contributed by atoms with E-state index in [9.17, 15) is 8.42 Å². The van der Waals surface area contributed by atoms with Crippen LogP contribution in [0.3, 0.4) is 0 Å². The van der Waals surface area contributed by atoms with Gasteiger partial charge in [0.15, 0.2) is 5.82 Å². The molecule has 0 saturated carbocycles. The van der Waals surface area contributed by atoms with E-state index in [1.165, 1.54) is 13.3 Å². The molecule has 0 aliphatic rings. The van der Waals surface area contributed by atoms with Gasteiger partial charge < -0.3 is 9.26 Å². The average molecular weight is 360 g/mol. The molecule has 0 aliphatic carbocycles. The Hall–Kier alpha value is -2.94. The number of nitrogens with zero attached hydrogens (tertiary/aromatic N) is 4. The molecule has 0 unspecified atom stereocenters. The van der Waals surface area contributed by atoms with Gasteiger partial charge in [0, 0.05) is 11.6 Å². The second kappa shape index (κ2) is 6.89. The van der Waals surface area contributed by atoms with Gasteiger partial charge in [-0.2, -0.15) is 4.98 Å². The van der Waals surface area contributed by atoms with Crippen molar-refractivity contribution in [2.45, 2.75) is 6.54 Å². The van der Waals surface area contributed by atoms with Crippen LogP contribution in [0, 0.1) is 0 Å². The van der Waals surface area contributed by atoms with Gasteiger partial charge in [-0.3, -0.25) is 4.31 Å². The van der Waals surface area contributed by atoms with Crippen LogP contribution >= 0.6 is 0 Å². The number of rotatable bonds is 6. The summed E-state index contributed by atoms with van der Waals surface area (Å²) in [5.41, 5.74) is 1.15. The Bertz CT molecular complexity index is 940. The van der Waals surface area contributed by atoms with E-state index in [4.69, 9.17) is 9.26 Å². The summed E-state index contributed by atoms with van der Waals surface area (Å²) in [6.45, 7) is -0.0663. The summed E-state index contributed by atoms with van der Waals surface area (Å²) in [6.07, 6.45) is 2.52. The summed E-state index contributed by atoms with van der Waals surface area (Å²) in [5.74, 6) is 0.972. The van der Waals surface area contributed by atoms with Crippen molar-refractivity contribution in [3.63, 3.8) is 0 Å². The molecule has 3 aromatic rings. The predicted octanol–water partition coefficient (Wildman–Crippen LogP) is 2.11. The molecule has 9 heteroatoms. The Morgan fingerprint density at radius 1 is 1.16 bits per heavy atom. The van der Waals surface area contributed by atoms with Crippen LogP contribution in [-0.4, -0.2) is 36.9 Å². The van der Waals surface area contributed by atoms with Crippen molar-refractivity contribution in [3.8, 4) is 17.3 Å². The maximum Gasteiger partial charge on any atom is 0.257 e. The molecule has 0 spiro atoms. The Morgan fingerprint density at radius 3 is 2.52 bits per heavy atom. The van der Waals surface area contributed by atoms with Gasteiger partial charge in [-0.1, -0.05) is 23.4 Å². The molecule has 1 aromatic carbocycles. The minimum Gasteiger partial charge on any atom is -0.481 e. The second-order valence-electron chi connectivity index (χ2n) is 5.21. The van der Waals surface area contributed by atoms with Crippen LogP contribution in [0.5, 0.6) is 5.88 Å². The quantitative estimate of drug-likeness (QED) is 0.664. The minimum atomic E-state index is -3.56. The molecule has 130 valence electrons. The van der Waals surface area contributed by atoms with Gasteiger partial charge in [0.05, 0.1) is 31.8 Å². The fraction of sp³-hybridized carbons (Fsp3) is 0.188. The van der Waals surface area contributed by atoms with Crippen molar-refractivity contribution in [1.29, 1.82) is 0 Å². The Morgan fingerprint density at radius 2 is 1.92 bits per heavy atom. The first-order valence-corrected chi connectivity index (χ1v) is 9.18. The lowest BCUT2D eigenvalue weighted by Crippen LogP contribution is -2.29. The van der Waals surface area contributed by atoms with Gasteiger partial charge in [0.1, 0.15) is 0 Å². The predicted molar refractivity (Wildman–Crippen MR) is 91.5 cm³/mol. The average Bonchev–Trinajstić information content (AvgIpc) is 3.08. The van der Waals surface area contributed by atoms with Crippen LogP contribution in [-0.2, 0) is 16.6 Å². The molecule has 0 atom stereocenters. The van der Waals surface area contributed by atoms with E-state index >= 15 is 0 Å². The van der Waals surface area contributed by atoms with Crippen LogP contribution in [0.2, 0.25) is 0 Å². The van der Waals surface area contributed by atoms with Crippen molar-refractivity contribution in [2.24, 2.45) is 0 Å². The van der Waals surface area contributed by atoms with Crippen molar-refractivity contribution in [1.82, 2.24) is 15.1 Å². The first kappa shape index (κ1) is 16.9. The van der Waals surface area contributed by atoms with Gasteiger partial charge in [-0.05, 0) is 18.2 Å². The van der Waals surface area contributed by atoms with E-state index in [1.807, 2.05) is 30.3 Å². The maximum absolute atomic E-state index is 12.1. The Balaban J connectivity index is 1.87. The number of benzene rings is 1. The van der Waals surface area contributed by atoms with E-state index in [2.05, 4.69) is 15.1 Å². The minimum absolute atomic E-state index is 0.0663. The molecule has 2 heterocycles. The SMILES string of the molecule is COc1ccc(N(Cc2noc(-c3ccccc3)n2)S(C)(=O)=O)cn1. The zero-order valence-corrected chi connectivity index (χ0v) is 14.5. The highest BCUT2D eigenvalue weighted by Crippen LogP contribution is 2.22. The molecule has 0 radical (unpaired) electrons. The standard InChI is InChI=1S/C16H16N4O4S/c1-23-15-9-8-13(10-17-15)20(25(2,21)22)11-14-18-16(24-19-14)12-6-4-3-5-7-12/h3-10H,11H2,1-2H3. The number of methoxy groups -OCH3 is 1. The molecular formula is C16H16N4O4S. The summed E-state index contributed by atoms with van der Waals surface area (Å²) in [5, 5.41) is 3.87. The summed E-state index contributed by atoms with van der Waals surface area (Å²) < 4.78 is 35.7. The monoisotopic (exact) mass is 360 g/mol. The third kappa shape index (κ3) is 3.94. The van der Waals surface area contributed by atoms with Crippen molar-refractivity contribution >= 4 is 15.7 Å². The van der Waals surface area contributed by atoms with E-state index in [-0.39, 0.29) is 12.4 Å². The van der Waals surface area contributed by atoms with E-state index in [0.717, 1.165) is 16.1 Å². The molecule has 0 aliphatic heterocycles. The van der Waals surface area contributed by atoms with Crippen LogP contribution in [0.4, 0.5) is 5.69 Å². The summed E-state index contributed by atoms with van der Waals surface area (Å²) in [4.78, 5) is 8.30. The van der Waals surface area contributed by atoms with Crippen molar-refractivity contribution in [3.05, 3.63) is 54.5 Å². The van der Waals surface area contributed by atoms with Gasteiger partial charge in [0.2, 0.25) is 15.9 Å². The smallest absolute Gasteiger partial charge is 0.257 e. The van der Waals surface area contributed by atoms with Crippen LogP contribution < -0.4 is 9.04 Å². The zero-order valence-electron chi connectivity index (χ0n) is 13.7. The molecule has 25 heavy (non-hydrogen) atoms. The number of ether oxygens (including phenoxy) is 1. The second-order valence-corrected chi connectivity index (χ2v) is 7.12. The molecular weight excluding hydrogens is 344 g/mol. The highest BCUT2D eigenvalue weighted by molar-refractivity contribution is 7.92. The number of pyridine rings is 1. The molecule has 0 bridgehead atoms. The Kier molecular flexibility index (Phi) is 4.66. The maximum atomic E-state index is 12.1. The normalized spacial score (nSPS) is 11.3. The molecule has 8 nitrogen and oxygen atoms in total. The summed E-state index contributed by atoms with van der Waals surface area (Å²) in [6, 6.07) is 12.4. The van der Waals surface area contributed by atoms with Crippen LogP contribution in [0.25, 0.3) is 11.5 Å². The zero-order chi connectivity index (χ0) is 17.9. The first-order valence-electron chi connectivity index (χ1n) is 7.33. The number of hydrogen-bond donors (Lipinski definition) is 0. The fourth-order valence-corrected chi connectivity index (χ4v) is 3.03. The highest BCUT2D eigenvalue weighted by Gasteiger charge is 2.21. The van der Waals surface area contributed by atoms with E-state index < -0.39 is 10.0 Å². The lowest BCUT2D eigenvalue weighted by molar-refractivity contribution is 0.398. The lowest BCUT2D eigenvalue weighted by Gasteiger charge is -2.20. The highest BCUT2D eigenvalue weighted by atomic mass is 32.2. The number of sulfonamides is 1. The van der Waals surface area contributed by atoms with Crippen molar-refractivity contribution in [2.75, 3.05) is 17.7 Å². The van der Waals surface area contributed by atoms with Gasteiger partial charge in [-0.25, -0.2) is 13.4 Å². The van der Waals surface area contributed by atoms with E-state index in [0.29, 0.717) is 17.5 Å². The molecule has 3 rings (SSSR count). The summed E-state index contributed by atoms with van der Waals surface area (Å²) in [7, 11) is -2.07.